The molecular formula is C15H21ClF2N2OS. The first-order valence-electron chi connectivity index (χ1n) is 7.00. The van der Waals surface area contributed by atoms with Crippen LogP contribution in [0.1, 0.15) is 24.9 Å². The molecule has 2 unspecified atom stereocenters. The number of hydrogen-bond donors (Lipinski definition) is 1. The van der Waals surface area contributed by atoms with Crippen LogP contribution in [-0.2, 0) is 4.79 Å². The SMILES string of the molecule is CC(c1cc(F)ccc1F)N(C)C(=O)CC1CSCCN1.Cl. The van der Waals surface area contributed by atoms with Gasteiger partial charge in [-0.2, -0.15) is 11.8 Å². The fraction of sp³-hybridized carbons (Fsp3) is 0.533. The maximum Gasteiger partial charge on any atom is 0.224 e. The molecule has 0 spiro atoms. The van der Waals surface area contributed by atoms with Crippen LogP contribution < -0.4 is 5.32 Å². The Hall–Kier alpha value is -0.850. The van der Waals surface area contributed by atoms with Gasteiger partial charge in [0.1, 0.15) is 11.6 Å². The fourth-order valence-corrected chi connectivity index (χ4v) is 3.31. The van der Waals surface area contributed by atoms with Gasteiger partial charge < -0.3 is 10.2 Å². The monoisotopic (exact) mass is 350 g/mol. The Morgan fingerprint density at radius 2 is 2.23 bits per heavy atom. The van der Waals surface area contributed by atoms with Gasteiger partial charge in [-0.1, -0.05) is 0 Å². The third-order valence-electron chi connectivity index (χ3n) is 3.80. The van der Waals surface area contributed by atoms with Crippen molar-refractivity contribution in [3.05, 3.63) is 35.4 Å². The quantitative estimate of drug-likeness (QED) is 0.906. The zero-order chi connectivity index (χ0) is 15.4. The second-order valence-corrected chi connectivity index (χ2v) is 6.43. The summed E-state index contributed by atoms with van der Waals surface area (Å²) < 4.78 is 27.0. The van der Waals surface area contributed by atoms with Crippen molar-refractivity contribution in [3.8, 4) is 0 Å². The van der Waals surface area contributed by atoms with Crippen molar-refractivity contribution in [2.24, 2.45) is 0 Å². The zero-order valence-corrected chi connectivity index (χ0v) is 14.3. The van der Waals surface area contributed by atoms with Gasteiger partial charge in [0.25, 0.3) is 0 Å². The highest BCUT2D eigenvalue weighted by Gasteiger charge is 2.24. The molecule has 0 saturated carbocycles. The molecular weight excluding hydrogens is 330 g/mol. The molecule has 0 radical (unpaired) electrons. The topological polar surface area (TPSA) is 32.3 Å². The fourth-order valence-electron chi connectivity index (χ4n) is 2.36. The van der Waals surface area contributed by atoms with E-state index >= 15 is 0 Å². The van der Waals surface area contributed by atoms with Gasteiger partial charge in [0, 0.05) is 43.1 Å². The van der Waals surface area contributed by atoms with Crippen molar-refractivity contribution in [2.45, 2.75) is 25.4 Å². The van der Waals surface area contributed by atoms with Crippen molar-refractivity contribution in [2.75, 3.05) is 25.1 Å². The Morgan fingerprint density at radius 1 is 1.50 bits per heavy atom. The average molecular weight is 351 g/mol. The van der Waals surface area contributed by atoms with Crippen LogP contribution in [0.2, 0.25) is 0 Å². The molecule has 1 aromatic rings. The van der Waals surface area contributed by atoms with E-state index in [0.29, 0.717) is 6.42 Å². The van der Waals surface area contributed by atoms with Crippen LogP contribution in [0.15, 0.2) is 18.2 Å². The minimum atomic E-state index is -0.496. The number of amides is 1. The standard InChI is InChI=1S/C15H20F2N2OS.ClH/c1-10(13-7-11(16)3-4-14(13)17)19(2)15(20)8-12-9-21-6-5-18-12;/h3-4,7,10,12,18H,5-6,8-9H2,1-2H3;1H. The Morgan fingerprint density at radius 3 is 2.86 bits per heavy atom. The number of thioether (sulfide) groups is 1. The molecule has 0 bridgehead atoms. The largest absolute Gasteiger partial charge is 0.339 e. The van der Waals surface area contributed by atoms with E-state index in [1.807, 2.05) is 11.8 Å². The van der Waals surface area contributed by atoms with Gasteiger partial charge in [-0.05, 0) is 25.1 Å². The Kier molecular flexibility index (Phi) is 7.59. The van der Waals surface area contributed by atoms with E-state index in [0.717, 1.165) is 36.2 Å². The molecule has 2 atom stereocenters. The number of hydrogen-bond acceptors (Lipinski definition) is 3. The Bertz CT molecular complexity index is 512. The molecule has 1 aliphatic rings. The molecule has 1 N–H and O–H groups in total. The first-order chi connectivity index (χ1) is 9.99. The van der Waals surface area contributed by atoms with E-state index in [-0.39, 0.29) is 29.9 Å². The van der Waals surface area contributed by atoms with Gasteiger partial charge in [-0.15, -0.1) is 12.4 Å². The van der Waals surface area contributed by atoms with E-state index in [4.69, 9.17) is 0 Å². The van der Waals surface area contributed by atoms with Crippen LogP contribution in [0.25, 0.3) is 0 Å². The number of carbonyl (C=O) groups is 1. The number of halogens is 3. The number of benzene rings is 1. The molecule has 1 saturated heterocycles. The molecule has 0 aromatic heterocycles. The van der Waals surface area contributed by atoms with Crippen LogP contribution in [0.4, 0.5) is 8.78 Å². The highest BCUT2D eigenvalue weighted by atomic mass is 35.5. The number of nitrogens with zero attached hydrogens (tertiary/aromatic N) is 1. The van der Waals surface area contributed by atoms with Crippen molar-refractivity contribution in [3.63, 3.8) is 0 Å². The maximum absolute atomic E-state index is 13.8. The van der Waals surface area contributed by atoms with Gasteiger partial charge >= 0.3 is 0 Å². The molecule has 7 heteroatoms. The number of nitrogens with one attached hydrogen (secondary N) is 1. The molecule has 124 valence electrons. The summed E-state index contributed by atoms with van der Waals surface area (Å²) in [7, 11) is 1.63. The second-order valence-electron chi connectivity index (χ2n) is 5.28. The molecule has 1 amide bonds. The van der Waals surface area contributed by atoms with Gasteiger partial charge in [0.15, 0.2) is 0 Å². The molecule has 1 heterocycles. The normalized spacial score (nSPS) is 19.2. The lowest BCUT2D eigenvalue weighted by Gasteiger charge is -2.29. The third-order valence-corrected chi connectivity index (χ3v) is 4.93. The summed E-state index contributed by atoms with van der Waals surface area (Å²) >= 11 is 1.82. The van der Waals surface area contributed by atoms with E-state index in [2.05, 4.69) is 5.32 Å². The summed E-state index contributed by atoms with van der Waals surface area (Å²) in [6.45, 7) is 2.61. The summed E-state index contributed by atoms with van der Waals surface area (Å²) in [5.41, 5.74) is 0.205. The van der Waals surface area contributed by atoms with Crippen LogP contribution in [-0.4, -0.2) is 41.9 Å². The minimum absolute atomic E-state index is 0. The predicted molar refractivity (Wildman–Crippen MR) is 88.5 cm³/mol. The van der Waals surface area contributed by atoms with Crippen molar-refractivity contribution in [1.82, 2.24) is 10.2 Å². The Labute approximate surface area is 140 Å². The lowest BCUT2D eigenvalue weighted by molar-refractivity contribution is -0.132. The summed E-state index contributed by atoms with van der Waals surface area (Å²) in [5.74, 6) is 0.916. The van der Waals surface area contributed by atoms with Gasteiger partial charge in [0.2, 0.25) is 5.91 Å². The molecule has 0 aliphatic carbocycles. The van der Waals surface area contributed by atoms with E-state index in [1.54, 1.807) is 14.0 Å². The molecule has 22 heavy (non-hydrogen) atoms. The first kappa shape index (κ1) is 19.2. The molecule has 3 nitrogen and oxygen atoms in total. The van der Waals surface area contributed by atoms with E-state index in [9.17, 15) is 13.6 Å². The molecule has 1 fully saturated rings. The maximum atomic E-state index is 13.8. The summed E-state index contributed by atoms with van der Waals surface area (Å²) in [4.78, 5) is 13.8. The van der Waals surface area contributed by atoms with Crippen molar-refractivity contribution >= 4 is 30.1 Å². The highest BCUT2D eigenvalue weighted by molar-refractivity contribution is 7.99. The van der Waals surface area contributed by atoms with Gasteiger partial charge in [-0.25, -0.2) is 8.78 Å². The van der Waals surface area contributed by atoms with E-state index < -0.39 is 17.7 Å². The number of carbonyl (C=O) groups excluding carboxylic acids is 1. The highest BCUT2D eigenvalue weighted by Crippen LogP contribution is 2.24. The summed E-state index contributed by atoms with van der Waals surface area (Å²) in [6.07, 6.45) is 0.380. The average Bonchev–Trinajstić information content (AvgIpc) is 2.49. The van der Waals surface area contributed by atoms with Crippen LogP contribution in [0, 0.1) is 11.6 Å². The lowest BCUT2D eigenvalue weighted by Crippen LogP contribution is -2.42. The van der Waals surface area contributed by atoms with Crippen molar-refractivity contribution in [1.29, 1.82) is 0 Å². The van der Waals surface area contributed by atoms with Crippen LogP contribution in [0.5, 0.6) is 0 Å². The first-order valence-corrected chi connectivity index (χ1v) is 8.16. The predicted octanol–water partition coefficient (Wildman–Crippen LogP) is 3.00. The number of rotatable bonds is 4. The van der Waals surface area contributed by atoms with Crippen molar-refractivity contribution < 1.29 is 13.6 Å². The lowest BCUT2D eigenvalue weighted by atomic mass is 10.1. The van der Waals surface area contributed by atoms with Crippen LogP contribution in [0.3, 0.4) is 0 Å². The smallest absolute Gasteiger partial charge is 0.224 e. The van der Waals surface area contributed by atoms with Gasteiger partial charge in [-0.3, -0.25) is 4.79 Å². The third kappa shape index (κ3) is 4.83. The van der Waals surface area contributed by atoms with E-state index in [1.165, 1.54) is 4.90 Å². The molecule has 2 rings (SSSR count). The minimum Gasteiger partial charge on any atom is -0.339 e. The summed E-state index contributed by atoms with van der Waals surface area (Å²) in [5, 5.41) is 3.30. The zero-order valence-electron chi connectivity index (χ0n) is 12.6. The molecule has 1 aliphatic heterocycles. The second kappa shape index (κ2) is 8.70. The molecule has 1 aromatic carbocycles. The van der Waals surface area contributed by atoms with Gasteiger partial charge in [0.05, 0.1) is 6.04 Å². The van der Waals surface area contributed by atoms with Crippen LogP contribution >= 0.6 is 24.2 Å². The summed E-state index contributed by atoms with van der Waals surface area (Å²) in [6, 6.07) is 2.99. The Balaban J connectivity index is 0.00000242.